The molecule has 0 aromatic heterocycles. The Kier molecular flexibility index (Phi) is 5.22. The van der Waals surface area contributed by atoms with Gasteiger partial charge in [0.2, 0.25) is 0 Å². The monoisotopic (exact) mass is 424 g/mol. The predicted octanol–water partition coefficient (Wildman–Crippen LogP) is 1.61. The second kappa shape index (κ2) is 8.00. The summed E-state index contributed by atoms with van der Waals surface area (Å²) in [6.07, 6.45) is -3.09. The third-order valence-electron chi connectivity index (χ3n) is 4.92. The lowest BCUT2D eigenvalue weighted by Gasteiger charge is -2.26. The second-order valence-electron chi connectivity index (χ2n) is 6.89. The van der Waals surface area contributed by atoms with Crippen molar-refractivity contribution in [2.45, 2.75) is 25.2 Å². The SMILES string of the molecule is O=C(O)C(C1CC(=O)N(C(=O)OCc2ccccc2)O1)N1C(=O)c2ccccc2C1=O. The van der Waals surface area contributed by atoms with Crippen molar-refractivity contribution in [2.75, 3.05) is 0 Å². The number of ether oxygens (including phenoxy) is 1. The van der Waals surface area contributed by atoms with Gasteiger partial charge in [0.05, 0.1) is 17.5 Å². The van der Waals surface area contributed by atoms with Crippen LogP contribution < -0.4 is 0 Å². The molecule has 2 aliphatic heterocycles. The smallest absolute Gasteiger partial charge is 0.441 e. The van der Waals surface area contributed by atoms with E-state index in [-0.39, 0.29) is 17.7 Å². The van der Waals surface area contributed by atoms with Gasteiger partial charge in [0.15, 0.2) is 6.04 Å². The largest absolute Gasteiger partial charge is 0.480 e. The topological polar surface area (TPSA) is 131 Å². The number of imide groups is 2. The first-order chi connectivity index (χ1) is 14.9. The van der Waals surface area contributed by atoms with Crippen LogP contribution in [0.4, 0.5) is 4.79 Å². The molecule has 2 aromatic carbocycles. The molecule has 2 heterocycles. The molecule has 2 atom stereocenters. The van der Waals surface area contributed by atoms with Crippen LogP contribution in [0.2, 0.25) is 0 Å². The van der Waals surface area contributed by atoms with Crippen LogP contribution in [0.1, 0.15) is 32.7 Å². The van der Waals surface area contributed by atoms with Crippen LogP contribution in [0.25, 0.3) is 0 Å². The number of fused-ring (bicyclic) bond motifs is 1. The lowest BCUT2D eigenvalue weighted by Crippen LogP contribution is -2.52. The first kappa shape index (κ1) is 20.2. The van der Waals surface area contributed by atoms with Crippen LogP contribution in [-0.4, -0.2) is 57.0 Å². The van der Waals surface area contributed by atoms with E-state index >= 15 is 0 Å². The minimum Gasteiger partial charge on any atom is -0.480 e. The van der Waals surface area contributed by atoms with E-state index < -0.39 is 48.4 Å². The lowest BCUT2D eigenvalue weighted by atomic mass is 10.1. The van der Waals surface area contributed by atoms with Gasteiger partial charge in [-0.15, -0.1) is 5.06 Å². The first-order valence-corrected chi connectivity index (χ1v) is 9.28. The molecule has 10 heteroatoms. The molecule has 1 fully saturated rings. The number of rotatable bonds is 5. The molecule has 2 unspecified atom stereocenters. The van der Waals surface area contributed by atoms with Crippen LogP contribution in [0.5, 0.6) is 0 Å². The van der Waals surface area contributed by atoms with Gasteiger partial charge in [-0.1, -0.05) is 42.5 Å². The number of hydrogen-bond donors (Lipinski definition) is 1. The van der Waals surface area contributed by atoms with Crippen molar-refractivity contribution < 1.29 is 38.7 Å². The molecular weight excluding hydrogens is 408 g/mol. The van der Waals surface area contributed by atoms with Gasteiger partial charge in [0.1, 0.15) is 12.7 Å². The number of benzene rings is 2. The van der Waals surface area contributed by atoms with Crippen molar-refractivity contribution in [3.63, 3.8) is 0 Å². The summed E-state index contributed by atoms with van der Waals surface area (Å²) >= 11 is 0. The van der Waals surface area contributed by atoms with E-state index in [1.165, 1.54) is 12.1 Å². The minimum atomic E-state index is -1.80. The number of nitrogens with zero attached hydrogens (tertiary/aromatic N) is 2. The highest BCUT2D eigenvalue weighted by molar-refractivity contribution is 6.22. The van der Waals surface area contributed by atoms with Crippen molar-refractivity contribution in [1.29, 1.82) is 0 Å². The average molecular weight is 424 g/mol. The molecule has 0 aliphatic carbocycles. The van der Waals surface area contributed by atoms with E-state index in [0.29, 0.717) is 15.5 Å². The first-order valence-electron chi connectivity index (χ1n) is 9.28. The Morgan fingerprint density at radius 3 is 2.16 bits per heavy atom. The molecule has 0 bridgehead atoms. The van der Waals surface area contributed by atoms with Crippen LogP contribution in [0, 0.1) is 0 Å². The Labute approximate surface area is 175 Å². The lowest BCUT2D eigenvalue weighted by molar-refractivity contribution is -0.173. The molecular formula is C21H16N2O8. The second-order valence-corrected chi connectivity index (χ2v) is 6.89. The number of aliphatic carboxylic acids is 1. The Bertz CT molecular complexity index is 1050. The summed E-state index contributed by atoms with van der Waals surface area (Å²) in [5.41, 5.74) is 0.790. The standard InChI is InChI=1S/C21H16N2O8/c24-16-10-15(31-23(16)21(29)30-11-12-6-2-1-3-7-12)17(20(27)28)22-18(25)13-8-4-5-9-14(13)19(22)26/h1-9,15,17H,10-11H2,(H,27,28). The molecule has 2 aromatic rings. The molecule has 4 rings (SSSR count). The van der Waals surface area contributed by atoms with Gasteiger partial charge in [0, 0.05) is 0 Å². The van der Waals surface area contributed by atoms with Crippen molar-refractivity contribution in [2.24, 2.45) is 0 Å². The summed E-state index contributed by atoms with van der Waals surface area (Å²) in [4.78, 5) is 67.6. The maximum atomic E-state index is 12.7. The zero-order valence-electron chi connectivity index (χ0n) is 16.0. The molecule has 2 aliphatic rings. The maximum absolute atomic E-state index is 12.7. The minimum absolute atomic E-state index is 0.0576. The molecule has 158 valence electrons. The number of carboxylic acids is 1. The number of amides is 4. The number of carbonyl (C=O) groups excluding carboxylic acids is 4. The number of hydroxylamine groups is 2. The van der Waals surface area contributed by atoms with Crippen molar-refractivity contribution in [3.05, 3.63) is 71.3 Å². The third kappa shape index (κ3) is 3.64. The summed E-state index contributed by atoms with van der Waals surface area (Å²) in [7, 11) is 0. The fourth-order valence-electron chi connectivity index (χ4n) is 3.47. The van der Waals surface area contributed by atoms with Crippen molar-refractivity contribution >= 4 is 29.8 Å². The summed E-state index contributed by atoms with van der Waals surface area (Å²) in [6.45, 7) is -0.127. The highest BCUT2D eigenvalue weighted by atomic mass is 16.7. The highest BCUT2D eigenvalue weighted by Gasteiger charge is 2.51. The number of hydrogen-bond acceptors (Lipinski definition) is 7. The van der Waals surface area contributed by atoms with Gasteiger partial charge in [0.25, 0.3) is 17.7 Å². The Hall–Kier alpha value is -4.05. The molecule has 4 amide bonds. The molecule has 31 heavy (non-hydrogen) atoms. The zero-order valence-corrected chi connectivity index (χ0v) is 16.0. The van der Waals surface area contributed by atoms with E-state index in [1.54, 1.807) is 42.5 Å². The fraction of sp³-hybridized carbons (Fsp3) is 0.190. The van der Waals surface area contributed by atoms with E-state index in [1.807, 2.05) is 0 Å². The van der Waals surface area contributed by atoms with E-state index in [2.05, 4.69) is 0 Å². The fourth-order valence-corrected chi connectivity index (χ4v) is 3.47. The van der Waals surface area contributed by atoms with Crippen LogP contribution in [-0.2, 0) is 25.8 Å². The third-order valence-corrected chi connectivity index (χ3v) is 4.92. The van der Waals surface area contributed by atoms with Gasteiger partial charge in [-0.05, 0) is 17.7 Å². The predicted molar refractivity (Wildman–Crippen MR) is 101 cm³/mol. The van der Waals surface area contributed by atoms with Gasteiger partial charge in [-0.3, -0.25) is 24.1 Å². The number of carboxylic acid groups (broad SMARTS) is 1. The van der Waals surface area contributed by atoms with E-state index in [0.717, 1.165) is 0 Å². The molecule has 0 saturated carbocycles. The van der Waals surface area contributed by atoms with Gasteiger partial charge in [-0.25, -0.2) is 9.59 Å². The Morgan fingerprint density at radius 1 is 1.00 bits per heavy atom. The van der Waals surface area contributed by atoms with Gasteiger partial charge < -0.3 is 9.84 Å². The molecule has 1 saturated heterocycles. The van der Waals surface area contributed by atoms with E-state index in [4.69, 9.17) is 9.57 Å². The van der Waals surface area contributed by atoms with Crippen molar-refractivity contribution in [3.8, 4) is 0 Å². The van der Waals surface area contributed by atoms with Crippen LogP contribution in [0.15, 0.2) is 54.6 Å². The normalized spacial score (nSPS) is 18.8. The molecule has 10 nitrogen and oxygen atoms in total. The van der Waals surface area contributed by atoms with Crippen molar-refractivity contribution in [1.82, 2.24) is 9.96 Å². The molecule has 0 spiro atoms. The number of carbonyl (C=O) groups is 5. The van der Waals surface area contributed by atoms with Gasteiger partial charge in [-0.2, -0.15) is 0 Å². The van der Waals surface area contributed by atoms with E-state index in [9.17, 15) is 29.1 Å². The van der Waals surface area contributed by atoms with Crippen LogP contribution in [0.3, 0.4) is 0 Å². The zero-order chi connectivity index (χ0) is 22.1. The maximum Gasteiger partial charge on any atom is 0.441 e. The van der Waals surface area contributed by atoms with Gasteiger partial charge >= 0.3 is 12.1 Å². The molecule has 0 radical (unpaired) electrons. The Morgan fingerprint density at radius 2 is 1.58 bits per heavy atom. The molecule has 1 N–H and O–H groups in total. The Balaban J connectivity index is 1.50. The quantitative estimate of drug-likeness (QED) is 0.717. The highest BCUT2D eigenvalue weighted by Crippen LogP contribution is 2.30. The summed E-state index contributed by atoms with van der Waals surface area (Å²) < 4.78 is 5.04. The summed E-state index contributed by atoms with van der Waals surface area (Å²) in [6, 6.07) is 12.8. The summed E-state index contributed by atoms with van der Waals surface area (Å²) in [5, 5.41) is 10.0. The summed E-state index contributed by atoms with van der Waals surface area (Å²) in [5.74, 6) is -4.01. The van der Waals surface area contributed by atoms with Crippen LogP contribution >= 0.6 is 0 Å². The average Bonchev–Trinajstić information content (AvgIpc) is 3.26.